The van der Waals surface area contributed by atoms with Gasteiger partial charge in [-0.2, -0.15) is 0 Å². The van der Waals surface area contributed by atoms with Crippen molar-refractivity contribution in [2.75, 3.05) is 25.2 Å². The summed E-state index contributed by atoms with van der Waals surface area (Å²) in [5, 5.41) is 0.644. The summed E-state index contributed by atoms with van der Waals surface area (Å²) >= 11 is 6.16. The number of fused-ring (bicyclic) bond motifs is 1. The number of carbonyl (C=O) groups excluding carboxylic acids is 1. The molecule has 0 bridgehead atoms. The molecule has 3 aromatic carbocycles. The van der Waals surface area contributed by atoms with Gasteiger partial charge in [-0.05, 0) is 66.9 Å². The monoisotopic (exact) mass is 451 g/mol. The number of hydrogen-bond donors (Lipinski definition) is 0. The number of ether oxygens (including phenoxy) is 3. The Morgan fingerprint density at radius 2 is 1.66 bits per heavy atom. The van der Waals surface area contributed by atoms with Crippen LogP contribution >= 0.6 is 11.6 Å². The molecule has 1 amide bonds. The minimum absolute atomic E-state index is 0.00249. The number of anilines is 1. The van der Waals surface area contributed by atoms with E-state index in [0.717, 1.165) is 22.4 Å². The van der Waals surface area contributed by atoms with Crippen LogP contribution in [0.2, 0.25) is 5.02 Å². The van der Waals surface area contributed by atoms with Crippen LogP contribution < -0.4 is 19.1 Å². The van der Waals surface area contributed by atoms with Crippen molar-refractivity contribution in [2.45, 2.75) is 26.3 Å². The molecule has 1 aliphatic rings. The summed E-state index contributed by atoms with van der Waals surface area (Å²) < 4.78 is 17.1. The summed E-state index contributed by atoms with van der Waals surface area (Å²) in [6.45, 7) is 4.91. The molecule has 0 aromatic heterocycles. The SMILES string of the molecule is CCOc1cc2c(cc1OCC)[C@H](c1ccc(Cl)cc1)N(c1cccc(OC)c1)C(=O)C2. The molecule has 166 valence electrons. The number of methoxy groups -OCH3 is 1. The Hall–Kier alpha value is -3.18. The van der Waals surface area contributed by atoms with Crippen LogP contribution in [0.1, 0.15) is 36.6 Å². The van der Waals surface area contributed by atoms with E-state index >= 15 is 0 Å². The second kappa shape index (κ2) is 9.53. The van der Waals surface area contributed by atoms with Gasteiger partial charge < -0.3 is 19.1 Å². The van der Waals surface area contributed by atoms with Gasteiger partial charge >= 0.3 is 0 Å². The average molecular weight is 452 g/mol. The fraction of sp³-hybridized carbons (Fsp3) is 0.269. The maximum Gasteiger partial charge on any atom is 0.232 e. The van der Waals surface area contributed by atoms with Gasteiger partial charge in [0.25, 0.3) is 0 Å². The van der Waals surface area contributed by atoms with Crippen molar-refractivity contribution >= 4 is 23.2 Å². The number of halogens is 1. The van der Waals surface area contributed by atoms with Gasteiger partial charge in [0, 0.05) is 16.8 Å². The summed E-state index contributed by atoms with van der Waals surface area (Å²) in [6.07, 6.45) is 0.267. The Morgan fingerprint density at radius 1 is 0.969 bits per heavy atom. The minimum atomic E-state index is -0.342. The van der Waals surface area contributed by atoms with Crippen LogP contribution in [-0.2, 0) is 11.2 Å². The Balaban J connectivity index is 1.92. The van der Waals surface area contributed by atoms with Crippen LogP contribution in [0.15, 0.2) is 60.7 Å². The van der Waals surface area contributed by atoms with E-state index in [9.17, 15) is 4.79 Å². The second-order valence-electron chi connectivity index (χ2n) is 7.46. The van der Waals surface area contributed by atoms with Crippen LogP contribution in [0, 0.1) is 0 Å². The molecule has 0 aliphatic carbocycles. The standard InChI is InChI=1S/C26H26ClNO4/c1-4-31-23-13-18-14-25(29)28(20-7-6-8-21(15-20)30-3)26(17-9-11-19(27)12-10-17)22(18)16-24(23)32-5-2/h6-13,15-16,26H,4-5,14H2,1-3H3/t26-/m0/s1. The van der Waals surface area contributed by atoms with Gasteiger partial charge in [-0.1, -0.05) is 29.8 Å². The van der Waals surface area contributed by atoms with Crippen molar-refractivity contribution in [1.29, 1.82) is 0 Å². The molecule has 0 unspecified atom stereocenters. The van der Waals surface area contributed by atoms with Crippen molar-refractivity contribution in [2.24, 2.45) is 0 Å². The van der Waals surface area contributed by atoms with Crippen LogP contribution in [0.4, 0.5) is 5.69 Å². The maximum atomic E-state index is 13.5. The molecule has 0 N–H and O–H groups in total. The molecule has 0 radical (unpaired) electrons. The predicted octanol–water partition coefficient (Wildman–Crippen LogP) is 5.82. The molecule has 3 aromatic rings. The molecular formula is C26H26ClNO4. The zero-order valence-electron chi connectivity index (χ0n) is 18.4. The highest BCUT2D eigenvalue weighted by Crippen LogP contribution is 2.44. The van der Waals surface area contributed by atoms with Crippen LogP contribution in [0.5, 0.6) is 17.2 Å². The van der Waals surface area contributed by atoms with E-state index in [1.165, 1.54) is 0 Å². The Kier molecular flexibility index (Phi) is 6.56. The highest BCUT2D eigenvalue weighted by molar-refractivity contribution is 6.30. The zero-order valence-corrected chi connectivity index (χ0v) is 19.2. The predicted molar refractivity (Wildman–Crippen MR) is 126 cm³/mol. The first-order valence-corrected chi connectivity index (χ1v) is 11.1. The van der Waals surface area contributed by atoms with Gasteiger partial charge in [-0.15, -0.1) is 0 Å². The fourth-order valence-electron chi connectivity index (χ4n) is 4.12. The van der Waals surface area contributed by atoms with Crippen molar-refractivity contribution in [1.82, 2.24) is 0 Å². The lowest BCUT2D eigenvalue weighted by atomic mass is 9.87. The summed E-state index contributed by atoms with van der Waals surface area (Å²) in [5.41, 5.74) is 3.66. The number of benzene rings is 3. The van der Waals surface area contributed by atoms with Gasteiger partial charge in [0.15, 0.2) is 11.5 Å². The van der Waals surface area contributed by atoms with Crippen LogP contribution in [0.25, 0.3) is 0 Å². The number of amides is 1. The van der Waals surface area contributed by atoms with Crippen molar-refractivity contribution in [3.05, 3.63) is 82.4 Å². The molecule has 1 aliphatic heterocycles. The van der Waals surface area contributed by atoms with Gasteiger partial charge in [-0.25, -0.2) is 0 Å². The lowest BCUT2D eigenvalue weighted by molar-refractivity contribution is -0.118. The third kappa shape index (κ3) is 4.26. The molecular weight excluding hydrogens is 426 g/mol. The quantitative estimate of drug-likeness (QED) is 0.453. The molecule has 1 atom stereocenters. The molecule has 0 spiro atoms. The maximum absolute atomic E-state index is 13.5. The normalized spacial score (nSPS) is 15.3. The lowest BCUT2D eigenvalue weighted by Gasteiger charge is -2.38. The first-order chi connectivity index (χ1) is 15.5. The summed E-state index contributed by atoms with van der Waals surface area (Å²) in [5.74, 6) is 2.02. The smallest absolute Gasteiger partial charge is 0.232 e. The third-order valence-electron chi connectivity index (χ3n) is 5.49. The molecule has 0 fully saturated rings. The van der Waals surface area contributed by atoms with Crippen molar-refractivity contribution in [3.8, 4) is 17.2 Å². The van der Waals surface area contributed by atoms with Gasteiger partial charge in [0.1, 0.15) is 5.75 Å². The molecule has 1 heterocycles. The van der Waals surface area contributed by atoms with E-state index in [0.29, 0.717) is 35.5 Å². The molecule has 0 saturated heterocycles. The molecule has 0 saturated carbocycles. The Labute approximate surface area is 193 Å². The number of hydrogen-bond acceptors (Lipinski definition) is 4. The second-order valence-corrected chi connectivity index (χ2v) is 7.90. The van der Waals surface area contributed by atoms with E-state index in [1.807, 2.05) is 79.4 Å². The van der Waals surface area contributed by atoms with Gasteiger partial charge in [0.2, 0.25) is 5.91 Å². The first kappa shape index (κ1) is 22.0. The highest BCUT2D eigenvalue weighted by atomic mass is 35.5. The third-order valence-corrected chi connectivity index (χ3v) is 5.74. The van der Waals surface area contributed by atoms with Gasteiger partial charge in [-0.3, -0.25) is 4.79 Å². The molecule has 5 nitrogen and oxygen atoms in total. The van der Waals surface area contributed by atoms with Crippen molar-refractivity contribution in [3.63, 3.8) is 0 Å². The summed E-state index contributed by atoms with van der Waals surface area (Å²) in [4.78, 5) is 15.3. The number of nitrogens with zero attached hydrogens (tertiary/aromatic N) is 1. The van der Waals surface area contributed by atoms with E-state index in [-0.39, 0.29) is 18.4 Å². The van der Waals surface area contributed by atoms with E-state index < -0.39 is 0 Å². The number of rotatable bonds is 7. The molecule has 32 heavy (non-hydrogen) atoms. The topological polar surface area (TPSA) is 48.0 Å². The molecule has 6 heteroatoms. The van der Waals surface area contributed by atoms with E-state index in [2.05, 4.69) is 0 Å². The Morgan fingerprint density at radius 3 is 2.31 bits per heavy atom. The fourth-order valence-corrected chi connectivity index (χ4v) is 4.25. The largest absolute Gasteiger partial charge is 0.497 e. The van der Waals surface area contributed by atoms with Crippen LogP contribution in [0.3, 0.4) is 0 Å². The van der Waals surface area contributed by atoms with E-state index in [4.69, 9.17) is 25.8 Å². The lowest BCUT2D eigenvalue weighted by Crippen LogP contribution is -2.41. The summed E-state index contributed by atoms with van der Waals surface area (Å²) in [6, 6.07) is 18.8. The zero-order chi connectivity index (χ0) is 22.7. The van der Waals surface area contributed by atoms with Crippen LogP contribution in [-0.4, -0.2) is 26.2 Å². The van der Waals surface area contributed by atoms with Gasteiger partial charge in [0.05, 0.1) is 32.8 Å². The minimum Gasteiger partial charge on any atom is -0.497 e. The summed E-state index contributed by atoms with van der Waals surface area (Å²) in [7, 11) is 1.62. The number of carbonyl (C=O) groups is 1. The average Bonchev–Trinajstić information content (AvgIpc) is 2.80. The molecule has 4 rings (SSSR count). The van der Waals surface area contributed by atoms with Crippen molar-refractivity contribution < 1.29 is 19.0 Å². The van der Waals surface area contributed by atoms with E-state index in [1.54, 1.807) is 7.11 Å². The highest BCUT2D eigenvalue weighted by Gasteiger charge is 2.36. The Bertz CT molecular complexity index is 1110. The first-order valence-electron chi connectivity index (χ1n) is 10.7.